The first-order valence-electron chi connectivity index (χ1n) is 5.95. The quantitative estimate of drug-likeness (QED) is 0.775. The predicted octanol–water partition coefficient (Wildman–Crippen LogP) is 2.83. The maximum atomic E-state index is 12.2. The molecule has 0 aliphatic carbocycles. The van der Waals surface area contributed by atoms with Gasteiger partial charge in [0.05, 0.1) is 6.42 Å². The molecule has 3 nitrogen and oxygen atoms in total. The lowest BCUT2D eigenvalue weighted by atomic mass is 9.97. The molecule has 2 aromatic rings. The highest BCUT2D eigenvalue weighted by molar-refractivity contribution is 5.98. The minimum absolute atomic E-state index is 0.0711. The summed E-state index contributed by atoms with van der Waals surface area (Å²) in [5.74, 6) is 0.641. The van der Waals surface area contributed by atoms with Crippen LogP contribution in [0.2, 0.25) is 0 Å². The van der Waals surface area contributed by atoms with Crippen molar-refractivity contribution in [3.63, 3.8) is 0 Å². The molecule has 1 heterocycles. The summed E-state index contributed by atoms with van der Waals surface area (Å²) in [7, 11) is 0. The molecule has 0 saturated heterocycles. The average molecular weight is 240 g/mol. The molecular formula is C15H16N2O. The average Bonchev–Trinajstić information content (AvgIpc) is 2.35. The highest BCUT2D eigenvalue weighted by atomic mass is 16.1. The lowest BCUT2D eigenvalue weighted by Gasteiger charge is -2.08. The van der Waals surface area contributed by atoms with Crippen molar-refractivity contribution in [1.29, 1.82) is 0 Å². The van der Waals surface area contributed by atoms with Crippen LogP contribution in [0.25, 0.3) is 0 Å². The van der Waals surface area contributed by atoms with E-state index in [1.54, 1.807) is 18.5 Å². The number of hydrogen-bond donors (Lipinski definition) is 0. The molecule has 0 bridgehead atoms. The van der Waals surface area contributed by atoms with Gasteiger partial charge in [-0.1, -0.05) is 6.07 Å². The van der Waals surface area contributed by atoms with E-state index in [2.05, 4.69) is 23.0 Å². The molecule has 0 radical (unpaired) electrons. The Morgan fingerprint density at radius 1 is 1.00 bits per heavy atom. The number of benzene rings is 1. The fraction of sp³-hybridized carbons (Fsp3) is 0.267. The number of carbonyl (C=O) groups is 1. The van der Waals surface area contributed by atoms with Gasteiger partial charge in [-0.3, -0.25) is 4.79 Å². The molecule has 0 fully saturated rings. The molecule has 1 aromatic heterocycles. The van der Waals surface area contributed by atoms with Gasteiger partial charge in [0.15, 0.2) is 5.78 Å². The van der Waals surface area contributed by atoms with Gasteiger partial charge in [0.2, 0.25) is 0 Å². The van der Waals surface area contributed by atoms with E-state index in [9.17, 15) is 4.79 Å². The minimum Gasteiger partial charge on any atom is -0.294 e. The van der Waals surface area contributed by atoms with E-state index in [0.717, 1.165) is 16.7 Å². The van der Waals surface area contributed by atoms with Crippen LogP contribution >= 0.6 is 0 Å². The highest BCUT2D eigenvalue weighted by Crippen LogP contribution is 2.16. The Kier molecular flexibility index (Phi) is 3.51. The standard InChI is InChI=1S/C15H16N2O/c1-10-7-12(3)13(8-11(10)2)14(18)9-15-16-5-4-6-17-15/h4-8H,9H2,1-3H3. The van der Waals surface area contributed by atoms with Crippen LogP contribution < -0.4 is 0 Å². The summed E-state index contributed by atoms with van der Waals surface area (Å²) in [5.41, 5.74) is 4.13. The van der Waals surface area contributed by atoms with Gasteiger partial charge in [0.25, 0.3) is 0 Å². The maximum Gasteiger partial charge on any atom is 0.170 e. The van der Waals surface area contributed by atoms with Crippen molar-refractivity contribution >= 4 is 5.78 Å². The first kappa shape index (κ1) is 12.4. The van der Waals surface area contributed by atoms with Gasteiger partial charge in [0.1, 0.15) is 5.82 Å². The van der Waals surface area contributed by atoms with Crippen LogP contribution in [-0.2, 0) is 6.42 Å². The van der Waals surface area contributed by atoms with Crippen LogP contribution in [-0.4, -0.2) is 15.8 Å². The second kappa shape index (κ2) is 5.08. The third kappa shape index (κ3) is 2.62. The first-order valence-corrected chi connectivity index (χ1v) is 5.95. The number of rotatable bonds is 3. The number of hydrogen-bond acceptors (Lipinski definition) is 3. The van der Waals surface area contributed by atoms with Gasteiger partial charge >= 0.3 is 0 Å². The van der Waals surface area contributed by atoms with Gasteiger partial charge in [0, 0.05) is 18.0 Å². The van der Waals surface area contributed by atoms with Crippen molar-refractivity contribution in [3.8, 4) is 0 Å². The van der Waals surface area contributed by atoms with Crippen LogP contribution in [0.1, 0.15) is 32.9 Å². The van der Waals surface area contributed by atoms with Crippen molar-refractivity contribution in [2.24, 2.45) is 0 Å². The fourth-order valence-electron chi connectivity index (χ4n) is 1.92. The van der Waals surface area contributed by atoms with Crippen LogP contribution in [0.15, 0.2) is 30.6 Å². The van der Waals surface area contributed by atoms with E-state index in [-0.39, 0.29) is 12.2 Å². The van der Waals surface area contributed by atoms with Gasteiger partial charge in [-0.2, -0.15) is 0 Å². The van der Waals surface area contributed by atoms with E-state index in [1.807, 2.05) is 19.9 Å². The van der Waals surface area contributed by atoms with E-state index in [1.165, 1.54) is 5.56 Å². The minimum atomic E-state index is 0.0711. The number of ketones is 1. The molecular weight excluding hydrogens is 224 g/mol. The molecule has 0 aliphatic rings. The molecule has 0 spiro atoms. The molecule has 0 aliphatic heterocycles. The lowest BCUT2D eigenvalue weighted by Crippen LogP contribution is -2.09. The third-order valence-corrected chi connectivity index (χ3v) is 3.08. The molecule has 92 valence electrons. The van der Waals surface area contributed by atoms with Crippen molar-refractivity contribution in [2.75, 3.05) is 0 Å². The van der Waals surface area contributed by atoms with Gasteiger partial charge < -0.3 is 0 Å². The fourth-order valence-corrected chi connectivity index (χ4v) is 1.92. The number of aromatic nitrogens is 2. The molecule has 0 amide bonds. The second-order valence-corrected chi connectivity index (χ2v) is 4.52. The van der Waals surface area contributed by atoms with Crippen LogP contribution in [0.3, 0.4) is 0 Å². The summed E-state index contributed by atoms with van der Waals surface area (Å²) in [5, 5.41) is 0. The Morgan fingerprint density at radius 2 is 1.61 bits per heavy atom. The Labute approximate surface area is 107 Å². The molecule has 3 heteroatoms. The predicted molar refractivity (Wildman–Crippen MR) is 70.7 cm³/mol. The van der Waals surface area contributed by atoms with Crippen molar-refractivity contribution in [1.82, 2.24) is 9.97 Å². The van der Waals surface area contributed by atoms with Gasteiger partial charge in [-0.05, 0) is 49.6 Å². The zero-order valence-electron chi connectivity index (χ0n) is 10.9. The van der Waals surface area contributed by atoms with E-state index >= 15 is 0 Å². The SMILES string of the molecule is Cc1cc(C)c(C(=O)Cc2ncccn2)cc1C. The number of Topliss-reactive ketones (excluding diaryl/α,β-unsaturated/α-hetero) is 1. The molecule has 0 atom stereocenters. The van der Waals surface area contributed by atoms with Crippen LogP contribution in [0.4, 0.5) is 0 Å². The molecule has 18 heavy (non-hydrogen) atoms. The summed E-state index contributed by atoms with van der Waals surface area (Å²) >= 11 is 0. The van der Waals surface area contributed by atoms with Crippen LogP contribution in [0, 0.1) is 20.8 Å². The first-order chi connectivity index (χ1) is 8.58. The molecule has 0 N–H and O–H groups in total. The Morgan fingerprint density at radius 3 is 2.28 bits per heavy atom. The highest BCUT2D eigenvalue weighted by Gasteiger charge is 2.12. The monoisotopic (exact) mass is 240 g/mol. The lowest BCUT2D eigenvalue weighted by molar-refractivity contribution is 0.0990. The van der Waals surface area contributed by atoms with E-state index in [4.69, 9.17) is 0 Å². The second-order valence-electron chi connectivity index (χ2n) is 4.52. The van der Waals surface area contributed by atoms with Crippen molar-refractivity contribution < 1.29 is 4.79 Å². The van der Waals surface area contributed by atoms with Crippen molar-refractivity contribution in [2.45, 2.75) is 27.2 Å². The molecule has 1 aromatic carbocycles. The Hall–Kier alpha value is -2.03. The summed E-state index contributed by atoms with van der Waals surface area (Å²) in [6.45, 7) is 6.03. The molecule has 2 rings (SSSR count). The Bertz CT molecular complexity index is 577. The number of carbonyl (C=O) groups excluding carboxylic acids is 1. The Balaban J connectivity index is 2.27. The molecule has 0 unspecified atom stereocenters. The molecule has 0 saturated carbocycles. The van der Waals surface area contributed by atoms with E-state index < -0.39 is 0 Å². The largest absolute Gasteiger partial charge is 0.294 e. The topological polar surface area (TPSA) is 42.9 Å². The zero-order chi connectivity index (χ0) is 13.1. The summed E-state index contributed by atoms with van der Waals surface area (Å²) in [6.07, 6.45) is 3.57. The number of nitrogens with zero attached hydrogens (tertiary/aromatic N) is 2. The van der Waals surface area contributed by atoms with Crippen molar-refractivity contribution in [3.05, 3.63) is 58.7 Å². The normalized spacial score (nSPS) is 10.4. The summed E-state index contributed by atoms with van der Waals surface area (Å²) in [6, 6.07) is 5.75. The maximum absolute atomic E-state index is 12.2. The zero-order valence-corrected chi connectivity index (χ0v) is 10.9. The van der Waals surface area contributed by atoms with Crippen LogP contribution in [0.5, 0.6) is 0 Å². The smallest absolute Gasteiger partial charge is 0.170 e. The van der Waals surface area contributed by atoms with E-state index in [0.29, 0.717) is 5.82 Å². The summed E-state index contributed by atoms with van der Waals surface area (Å²) in [4.78, 5) is 20.4. The summed E-state index contributed by atoms with van der Waals surface area (Å²) < 4.78 is 0. The van der Waals surface area contributed by atoms with Gasteiger partial charge in [-0.15, -0.1) is 0 Å². The third-order valence-electron chi connectivity index (χ3n) is 3.08. The van der Waals surface area contributed by atoms with Gasteiger partial charge in [-0.25, -0.2) is 9.97 Å². The number of aryl methyl sites for hydroxylation is 3.